The maximum Gasteiger partial charge on any atom is 0.340 e. The third kappa shape index (κ3) is 4.14. The van der Waals surface area contributed by atoms with E-state index < -0.39 is 11.7 Å². The number of pyridine rings is 1. The Bertz CT molecular complexity index is 765. The molecule has 1 atom stereocenters. The first kappa shape index (κ1) is 18.9. The van der Waals surface area contributed by atoms with Gasteiger partial charge in [0.15, 0.2) is 6.10 Å². The molecule has 0 bridgehead atoms. The average Bonchev–Trinajstić information content (AvgIpc) is 2.44. The van der Waals surface area contributed by atoms with Crippen molar-refractivity contribution >= 4 is 32.8 Å². The van der Waals surface area contributed by atoms with Crippen molar-refractivity contribution in [2.24, 2.45) is 0 Å². The number of benzene rings is 1. The van der Waals surface area contributed by atoms with E-state index in [0.29, 0.717) is 6.61 Å². The number of hydrogen-bond donors (Lipinski definition) is 0. The van der Waals surface area contributed by atoms with Gasteiger partial charge in [-0.25, -0.2) is 4.79 Å². The highest BCUT2D eigenvalue weighted by atomic mass is 79.9. The SMILES string of the molecule is CCOC(=O)C(OC(C)(C)C)c1c(C)cc2nc(C)ccc2c1Br. The lowest BCUT2D eigenvalue weighted by molar-refractivity contribution is -0.167. The summed E-state index contributed by atoms with van der Waals surface area (Å²) in [5.41, 5.74) is 3.09. The summed E-state index contributed by atoms with van der Waals surface area (Å²) in [6.07, 6.45) is -0.787. The van der Waals surface area contributed by atoms with Gasteiger partial charge in [-0.15, -0.1) is 0 Å². The third-order valence-electron chi connectivity index (χ3n) is 3.55. The highest BCUT2D eigenvalue weighted by Gasteiger charge is 2.32. The molecule has 0 radical (unpaired) electrons. The number of carbonyl (C=O) groups is 1. The zero-order chi connectivity index (χ0) is 18.1. The van der Waals surface area contributed by atoms with E-state index in [9.17, 15) is 4.79 Å². The van der Waals surface area contributed by atoms with Crippen LogP contribution in [0.3, 0.4) is 0 Å². The second kappa shape index (κ2) is 7.19. The summed E-state index contributed by atoms with van der Waals surface area (Å²) in [7, 11) is 0. The Morgan fingerprint density at radius 2 is 1.96 bits per heavy atom. The molecular weight excluding hydrogens is 370 g/mol. The Morgan fingerprint density at radius 3 is 2.54 bits per heavy atom. The average molecular weight is 394 g/mol. The smallest absolute Gasteiger partial charge is 0.340 e. The maximum absolute atomic E-state index is 12.5. The number of carbonyl (C=O) groups excluding carboxylic acids is 1. The van der Waals surface area contributed by atoms with Crippen molar-refractivity contribution in [1.82, 2.24) is 4.98 Å². The lowest BCUT2D eigenvalue weighted by Crippen LogP contribution is -2.29. The maximum atomic E-state index is 12.5. The van der Waals surface area contributed by atoms with Crippen LogP contribution in [0.15, 0.2) is 22.7 Å². The second-order valence-corrected chi connectivity index (χ2v) is 7.60. The minimum Gasteiger partial charge on any atom is -0.464 e. The molecule has 0 fully saturated rings. The third-order valence-corrected chi connectivity index (χ3v) is 4.40. The normalized spacial score (nSPS) is 13.1. The van der Waals surface area contributed by atoms with Crippen molar-refractivity contribution in [1.29, 1.82) is 0 Å². The van der Waals surface area contributed by atoms with Crippen molar-refractivity contribution in [2.45, 2.75) is 53.2 Å². The fraction of sp³-hybridized carbons (Fsp3) is 0.474. The monoisotopic (exact) mass is 393 g/mol. The van der Waals surface area contributed by atoms with Crippen LogP contribution in [0.4, 0.5) is 0 Å². The second-order valence-electron chi connectivity index (χ2n) is 6.80. The number of aromatic nitrogens is 1. The van der Waals surface area contributed by atoms with E-state index in [4.69, 9.17) is 9.47 Å². The quantitative estimate of drug-likeness (QED) is 0.683. The molecule has 2 aromatic rings. The lowest BCUT2D eigenvalue weighted by Gasteiger charge is -2.28. The molecule has 1 aromatic carbocycles. The van der Waals surface area contributed by atoms with E-state index in [2.05, 4.69) is 20.9 Å². The lowest BCUT2D eigenvalue weighted by atomic mass is 9.99. The van der Waals surface area contributed by atoms with E-state index in [0.717, 1.165) is 32.2 Å². The molecule has 0 aliphatic carbocycles. The van der Waals surface area contributed by atoms with Crippen LogP contribution in [-0.4, -0.2) is 23.2 Å². The molecule has 1 aromatic heterocycles. The van der Waals surface area contributed by atoms with Crippen LogP contribution < -0.4 is 0 Å². The van der Waals surface area contributed by atoms with E-state index in [1.165, 1.54) is 0 Å². The highest BCUT2D eigenvalue weighted by molar-refractivity contribution is 9.10. The summed E-state index contributed by atoms with van der Waals surface area (Å²) >= 11 is 3.66. The topological polar surface area (TPSA) is 48.4 Å². The minimum absolute atomic E-state index is 0.313. The Labute approximate surface area is 151 Å². The molecule has 0 aliphatic rings. The first-order valence-electron chi connectivity index (χ1n) is 8.05. The summed E-state index contributed by atoms with van der Waals surface area (Å²) in [5.74, 6) is -0.379. The molecule has 4 nitrogen and oxygen atoms in total. The predicted octanol–water partition coefficient (Wildman–Crippen LogP) is 5.03. The molecule has 0 amide bonds. The van der Waals surface area contributed by atoms with Crippen LogP contribution in [0.1, 0.15) is 50.6 Å². The number of hydrogen-bond acceptors (Lipinski definition) is 4. The number of ether oxygens (including phenoxy) is 2. The predicted molar refractivity (Wildman–Crippen MR) is 99.1 cm³/mol. The molecule has 0 N–H and O–H groups in total. The fourth-order valence-corrected chi connectivity index (χ4v) is 3.45. The van der Waals surface area contributed by atoms with Crippen molar-refractivity contribution in [2.75, 3.05) is 6.61 Å². The number of nitrogens with zero attached hydrogens (tertiary/aromatic N) is 1. The standard InChI is InChI=1S/C19H24BrNO3/c1-7-23-18(22)17(24-19(4,5)6)15-11(2)10-14-13(16(15)20)9-8-12(3)21-14/h8-10,17H,7H2,1-6H3. The molecule has 1 heterocycles. The Hall–Kier alpha value is -1.46. The number of halogens is 1. The molecule has 2 rings (SSSR count). The van der Waals surface area contributed by atoms with Gasteiger partial charge in [0.25, 0.3) is 0 Å². The summed E-state index contributed by atoms with van der Waals surface area (Å²) in [6, 6.07) is 5.95. The van der Waals surface area contributed by atoms with Crippen molar-refractivity contribution < 1.29 is 14.3 Å². The number of esters is 1. The molecular formula is C19H24BrNO3. The van der Waals surface area contributed by atoms with Crippen LogP contribution in [0.5, 0.6) is 0 Å². The number of fused-ring (bicyclic) bond motifs is 1. The first-order valence-corrected chi connectivity index (χ1v) is 8.84. The molecule has 1 unspecified atom stereocenters. The molecule has 130 valence electrons. The molecule has 0 saturated carbocycles. The van der Waals surface area contributed by atoms with E-state index in [1.54, 1.807) is 6.92 Å². The van der Waals surface area contributed by atoms with Gasteiger partial charge in [-0.1, -0.05) is 0 Å². The zero-order valence-corrected chi connectivity index (χ0v) is 16.7. The van der Waals surface area contributed by atoms with Crippen LogP contribution in [-0.2, 0) is 14.3 Å². The van der Waals surface area contributed by atoms with Gasteiger partial charge in [-0.3, -0.25) is 4.98 Å². The summed E-state index contributed by atoms with van der Waals surface area (Å²) in [4.78, 5) is 17.1. The summed E-state index contributed by atoms with van der Waals surface area (Å²) in [6.45, 7) is 11.8. The molecule has 24 heavy (non-hydrogen) atoms. The van der Waals surface area contributed by atoms with Gasteiger partial charge >= 0.3 is 5.97 Å². The highest BCUT2D eigenvalue weighted by Crippen LogP contribution is 2.37. The van der Waals surface area contributed by atoms with Crippen molar-refractivity contribution in [3.63, 3.8) is 0 Å². The van der Waals surface area contributed by atoms with Gasteiger partial charge in [0, 0.05) is 21.1 Å². The van der Waals surface area contributed by atoms with E-state index in [1.807, 2.05) is 52.8 Å². The van der Waals surface area contributed by atoms with Gasteiger partial charge < -0.3 is 9.47 Å². The molecule has 0 aliphatic heterocycles. The van der Waals surface area contributed by atoms with Crippen molar-refractivity contribution in [3.05, 3.63) is 39.5 Å². The minimum atomic E-state index is -0.787. The van der Waals surface area contributed by atoms with Gasteiger partial charge in [0.1, 0.15) is 0 Å². The first-order chi connectivity index (χ1) is 11.1. The van der Waals surface area contributed by atoms with Gasteiger partial charge in [-0.05, 0) is 81.2 Å². The Kier molecular flexibility index (Phi) is 5.66. The van der Waals surface area contributed by atoms with E-state index in [-0.39, 0.29) is 5.97 Å². The molecule has 0 spiro atoms. The van der Waals surface area contributed by atoms with Crippen LogP contribution in [0.25, 0.3) is 10.9 Å². The van der Waals surface area contributed by atoms with E-state index >= 15 is 0 Å². The van der Waals surface area contributed by atoms with Gasteiger partial charge in [-0.2, -0.15) is 0 Å². The Morgan fingerprint density at radius 1 is 1.29 bits per heavy atom. The zero-order valence-electron chi connectivity index (χ0n) is 15.1. The van der Waals surface area contributed by atoms with Crippen LogP contribution >= 0.6 is 15.9 Å². The Balaban J connectivity index is 2.64. The molecule has 5 heteroatoms. The summed E-state index contributed by atoms with van der Waals surface area (Å²) < 4.78 is 12.1. The van der Waals surface area contributed by atoms with Gasteiger partial charge in [0.05, 0.1) is 17.7 Å². The van der Waals surface area contributed by atoms with Crippen LogP contribution in [0.2, 0.25) is 0 Å². The van der Waals surface area contributed by atoms with Crippen LogP contribution in [0, 0.1) is 13.8 Å². The molecule has 0 saturated heterocycles. The number of aryl methyl sites for hydroxylation is 2. The summed E-state index contributed by atoms with van der Waals surface area (Å²) in [5, 5.41) is 0.952. The van der Waals surface area contributed by atoms with Crippen molar-refractivity contribution in [3.8, 4) is 0 Å². The fourth-order valence-electron chi connectivity index (χ4n) is 2.59. The van der Waals surface area contributed by atoms with Gasteiger partial charge in [0.2, 0.25) is 0 Å². The number of rotatable bonds is 4. The largest absolute Gasteiger partial charge is 0.464 e.